The topological polar surface area (TPSA) is 38.1 Å². The predicted molar refractivity (Wildman–Crippen MR) is 121 cm³/mol. The molecular weight excluding hydrogens is 390 g/mol. The summed E-state index contributed by atoms with van der Waals surface area (Å²) in [5.74, 6) is 0.0362. The van der Waals surface area contributed by atoms with Crippen LogP contribution in [0.15, 0.2) is 84.4 Å². The number of fused-ring (bicyclic) bond motifs is 1. The molecular formula is C25H21N3OS. The molecule has 4 nitrogen and oxygen atoms in total. The lowest BCUT2D eigenvalue weighted by Gasteiger charge is -2.27. The van der Waals surface area contributed by atoms with Gasteiger partial charge in [0.1, 0.15) is 5.69 Å². The molecule has 0 fully saturated rings. The van der Waals surface area contributed by atoms with Crippen LogP contribution in [0.3, 0.4) is 0 Å². The van der Waals surface area contributed by atoms with Crippen molar-refractivity contribution in [1.82, 2.24) is 14.7 Å². The highest BCUT2D eigenvalue weighted by molar-refractivity contribution is 7.13. The van der Waals surface area contributed by atoms with Crippen molar-refractivity contribution in [3.63, 3.8) is 0 Å². The summed E-state index contributed by atoms with van der Waals surface area (Å²) in [5.41, 5.74) is 5.40. The maximum Gasteiger partial charge on any atom is 0.246 e. The summed E-state index contributed by atoms with van der Waals surface area (Å²) in [6.45, 7) is 1.42. The molecule has 0 radical (unpaired) electrons. The highest BCUT2D eigenvalue weighted by Gasteiger charge is 2.19. The highest BCUT2D eigenvalue weighted by atomic mass is 32.1. The molecule has 30 heavy (non-hydrogen) atoms. The molecule has 5 heteroatoms. The van der Waals surface area contributed by atoms with E-state index >= 15 is 0 Å². The molecule has 148 valence electrons. The zero-order chi connectivity index (χ0) is 20.3. The maximum absolute atomic E-state index is 12.9. The van der Waals surface area contributed by atoms with E-state index in [1.54, 1.807) is 17.4 Å². The van der Waals surface area contributed by atoms with Gasteiger partial charge in [-0.2, -0.15) is 5.10 Å². The van der Waals surface area contributed by atoms with Crippen molar-refractivity contribution >= 4 is 23.3 Å². The Labute approximate surface area is 179 Å². The standard InChI is InChI=1S/C25H21N3OS/c29-24(27-15-14-19-7-4-5-8-20(19)17-27)13-12-21-18-28(22-9-2-1-3-10-22)26-25(21)23-11-6-16-30-23/h1-13,16,18H,14-15,17H2. The molecule has 4 aromatic rings. The van der Waals surface area contributed by atoms with Crippen LogP contribution in [0.5, 0.6) is 0 Å². The largest absolute Gasteiger partial charge is 0.334 e. The lowest BCUT2D eigenvalue weighted by molar-refractivity contribution is -0.126. The van der Waals surface area contributed by atoms with Crippen molar-refractivity contribution in [2.45, 2.75) is 13.0 Å². The van der Waals surface area contributed by atoms with E-state index in [0.29, 0.717) is 6.54 Å². The lowest BCUT2D eigenvalue weighted by Crippen LogP contribution is -2.34. The van der Waals surface area contributed by atoms with Crippen LogP contribution >= 0.6 is 11.3 Å². The van der Waals surface area contributed by atoms with Gasteiger partial charge >= 0.3 is 0 Å². The smallest absolute Gasteiger partial charge is 0.246 e. The van der Waals surface area contributed by atoms with Crippen LogP contribution in [0, 0.1) is 0 Å². The SMILES string of the molecule is O=C(C=Cc1cn(-c2ccccc2)nc1-c1cccs1)N1CCc2ccccc2C1. The first-order valence-electron chi connectivity index (χ1n) is 10.0. The van der Waals surface area contributed by atoms with Crippen LogP contribution in [-0.4, -0.2) is 27.1 Å². The second kappa shape index (κ2) is 8.13. The number of carbonyl (C=O) groups excluding carboxylic acids is 1. The van der Waals surface area contributed by atoms with E-state index in [9.17, 15) is 4.79 Å². The summed E-state index contributed by atoms with van der Waals surface area (Å²) in [4.78, 5) is 15.9. The van der Waals surface area contributed by atoms with Crippen molar-refractivity contribution in [2.24, 2.45) is 0 Å². The van der Waals surface area contributed by atoms with Gasteiger partial charge in [-0.3, -0.25) is 4.79 Å². The van der Waals surface area contributed by atoms with E-state index in [2.05, 4.69) is 24.3 Å². The van der Waals surface area contributed by atoms with Gasteiger partial charge in [-0.25, -0.2) is 4.68 Å². The first kappa shape index (κ1) is 18.6. The van der Waals surface area contributed by atoms with Gasteiger partial charge in [0.2, 0.25) is 5.91 Å². The minimum atomic E-state index is 0.0362. The van der Waals surface area contributed by atoms with E-state index < -0.39 is 0 Å². The lowest BCUT2D eigenvalue weighted by atomic mass is 10.00. The van der Waals surface area contributed by atoms with Crippen molar-refractivity contribution in [2.75, 3.05) is 6.54 Å². The summed E-state index contributed by atoms with van der Waals surface area (Å²) in [7, 11) is 0. The van der Waals surface area contributed by atoms with Gasteiger partial charge in [-0.05, 0) is 47.2 Å². The average molecular weight is 412 g/mol. The minimum Gasteiger partial charge on any atom is -0.334 e. The quantitative estimate of drug-likeness (QED) is 0.433. The Kier molecular flexibility index (Phi) is 5.03. The van der Waals surface area contributed by atoms with Crippen molar-refractivity contribution in [1.29, 1.82) is 0 Å². The number of thiophene rings is 1. The fourth-order valence-electron chi connectivity index (χ4n) is 3.78. The summed E-state index contributed by atoms with van der Waals surface area (Å²) in [6.07, 6.45) is 6.46. The molecule has 0 atom stereocenters. The van der Waals surface area contributed by atoms with E-state index in [1.807, 2.05) is 69.7 Å². The van der Waals surface area contributed by atoms with E-state index in [0.717, 1.165) is 34.8 Å². The van der Waals surface area contributed by atoms with Crippen LogP contribution in [0.1, 0.15) is 16.7 Å². The highest BCUT2D eigenvalue weighted by Crippen LogP contribution is 2.29. The molecule has 3 heterocycles. The summed E-state index contributed by atoms with van der Waals surface area (Å²) in [5, 5.41) is 6.84. The number of aromatic nitrogens is 2. The Balaban J connectivity index is 1.42. The number of nitrogens with zero attached hydrogens (tertiary/aromatic N) is 3. The molecule has 0 aliphatic carbocycles. The number of rotatable bonds is 4. The van der Waals surface area contributed by atoms with Gasteiger partial charge in [-0.1, -0.05) is 48.5 Å². The summed E-state index contributed by atoms with van der Waals surface area (Å²) in [6, 6.07) is 22.5. The predicted octanol–water partition coefficient (Wildman–Crippen LogP) is 5.20. The number of amides is 1. The van der Waals surface area contributed by atoms with E-state index in [1.165, 1.54) is 11.1 Å². The van der Waals surface area contributed by atoms with E-state index in [4.69, 9.17) is 5.10 Å². The third-order valence-corrected chi connectivity index (χ3v) is 6.24. The Morgan fingerprint density at radius 2 is 1.77 bits per heavy atom. The number of para-hydroxylation sites is 1. The molecule has 5 rings (SSSR count). The van der Waals surface area contributed by atoms with Gasteiger partial charge in [0.25, 0.3) is 0 Å². The summed E-state index contributed by atoms with van der Waals surface area (Å²) < 4.78 is 1.87. The fraction of sp³-hybridized carbons (Fsp3) is 0.120. The van der Waals surface area contributed by atoms with Gasteiger partial charge in [0, 0.05) is 30.9 Å². The van der Waals surface area contributed by atoms with Gasteiger partial charge in [0.05, 0.1) is 10.6 Å². The zero-order valence-corrected chi connectivity index (χ0v) is 17.3. The first-order valence-corrected chi connectivity index (χ1v) is 10.9. The van der Waals surface area contributed by atoms with Crippen LogP contribution < -0.4 is 0 Å². The molecule has 0 saturated heterocycles. The Morgan fingerprint density at radius 3 is 2.57 bits per heavy atom. The monoisotopic (exact) mass is 411 g/mol. The number of carbonyl (C=O) groups is 1. The third kappa shape index (κ3) is 3.72. The van der Waals surface area contributed by atoms with Gasteiger partial charge in [-0.15, -0.1) is 11.3 Å². The number of hydrogen-bond acceptors (Lipinski definition) is 3. The average Bonchev–Trinajstić information content (AvgIpc) is 3.47. The maximum atomic E-state index is 12.9. The van der Waals surface area contributed by atoms with Crippen molar-refractivity contribution in [3.05, 3.63) is 101 Å². The molecule has 2 aromatic carbocycles. The van der Waals surface area contributed by atoms with Crippen LogP contribution in [0.2, 0.25) is 0 Å². The normalized spacial score (nSPS) is 13.5. The van der Waals surface area contributed by atoms with Crippen molar-refractivity contribution in [3.8, 4) is 16.3 Å². The molecule has 0 saturated carbocycles. The minimum absolute atomic E-state index is 0.0362. The Hall–Kier alpha value is -3.44. The zero-order valence-electron chi connectivity index (χ0n) is 16.4. The number of hydrogen-bond donors (Lipinski definition) is 0. The van der Waals surface area contributed by atoms with Crippen molar-refractivity contribution < 1.29 is 4.79 Å². The molecule has 0 spiro atoms. The molecule has 2 aromatic heterocycles. The molecule has 0 bridgehead atoms. The second-order valence-corrected chi connectivity index (χ2v) is 8.25. The van der Waals surface area contributed by atoms with E-state index in [-0.39, 0.29) is 5.91 Å². The van der Waals surface area contributed by atoms with Crippen LogP contribution in [0.4, 0.5) is 0 Å². The Morgan fingerprint density at radius 1 is 0.967 bits per heavy atom. The van der Waals surface area contributed by atoms with Gasteiger partial charge < -0.3 is 4.90 Å². The summed E-state index contributed by atoms with van der Waals surface area (Å²) >= 11 is 1.65. The molecule has 0 unspecified atom stereocenters. The molecule has 1 amide bonds. The second-order valence-electron chi connectivity index (χ2n) is 7.30. The Bertz CT molecular complexity index is 1190. The molecule has 1 aliphatic rings. The van der Waals surface area contributed by atoms with Crippen LogP contribution in [0.25, 0.3) is 22.3 Å². The number of benzene rings is 2. The molecule has 0 N–H and O–H groups in total. The first-order chi connectivity index (χ1) is 14.8. The third-order valence-electron chi connectivity index (χ3n) is 5.37. The molecule has 1 aliphatic heterocycles. The fourth-order valence-corrected chi connectivity index (χ4v) is 4.51. The van der Waals surface area contributed by atoms with Gasteiger partial charge in [0.15, 0.2) is 0 Å². The van der Waals surface area contributed by atoms with Crippen LogP contribution in [-0.2, 0) is 17.8 Å².